The van der Waals surface area contributed by atoms with Gasteiger partial charge in [0.25, 0.3) is 0 Å². The predicted molar refractivity (Wildman–Crippen MR) is 72.7 cm³/mol. The lowest BCUT2D eigenvalue weighted by Crippen LogP contribution is -2.59. The summed E-state index contributed by atoms with van der Waals surface area (Å²) in [4.78, 5) is 18.5. The zero-order valence-electron chi connectivity index (χ0n) is 11.5. The molecule has 1 unspecified atom stereocenters. The Morgan fingerprint density at radius 3 is 3.05 bits per heavy atom. The molecule has 19 heavy (non-hydrogen) atoms. The molecular formula is C14H22N4O. The summed E-state index contributed by atoms with van der Waals surface area (Å²) in [6, 6.07) is 0.124. The maximum atomic E-state index is 11.8. The number of aryl methyl sites for hydroxylation is 1. The van der Waals surface area contributed by atoms with Crippen LogP contribution < -0.4 is 5.32 Å². The van der Waals surface area contributed by atoms with E-state index in [2.05, 4.69) is 32.9 Å². The molecule has 5 heteroatoms. The molecule has 0 aliphatic carbocycles. The lowest BCUT2D eigenvalue weighted by Gasteiger charge is -2.45. The summed E-state index contributed by atoms with van der Waals surface area (Å²) in [6.07, 6.45) is 7.05. The quantitative estimate of drug-likeness (QED) is 0.867. The largest absolute Gasteiger partial charge is 0.355 e. The summed E-state index contributed by atoms with van der Waals surface area (Å²) in [5, 5.41) is 2.96. The number of hydrogen-bond donors (Lipinski definition) is 1. The molecule has 0 bridgehead atoms. The summed E-state index contributed by atoms with van der Waals surface area (Å²) in [5.74, 6) is 2.05. The third kappa shape index (κ3) is 2.52. The van der Waals surface area contributed by atoms with Gasteiger partial charge in [-0.05, 0) is 12.8 Å². The number of carbonyl (C=O) groups excluding carboxylic acids is 1. The fourth-order valence-electron chi connectivity index (χ4n) is 3.18. The molecule has 3 rings (SSSR count). The van der Waals surface area contributed by atoms with Crippen molar-refractivity contribution in [1.82, 2.24) is 19.8 Å². The summed E-state index contributed by atoms with van der Waals surface area (Å²) in [6.45, 7) is 6.10. The number of nitrogens with one attached hydrogen (secondary N) is 1. The molecule has 1 aromatic rings. The molecule has 1 atom stereocenters. The molecule has 0 radical (unpaired) electrons. The molecule has 2 saturated heterocycles. The van der Waals surface area contributed by atoms with Crippen LogP contribution in [0.3, 0.4) is 0 Å². The van der Waals surface area contributed by atoms with Crippen LogP contribution in [0.2, 0.25) is 0 Å². The van der Waals surface area contributed by atoms with Gasteiger partial charge in [0, 0.05) is 50.9 Å². The van der Waals surface area contributed by atoms with Gasteiger partial charge in [-0.1, -0.05) is 6.92 Å². The van der Waals surface area contributed by atoms with Gasteiger partial charge in [0.1, 0.15) is 5.82 Å². The van der Waals surface area contributed by atoms with Gasteiger partial charge >= 0.3 is 0 Å². The van der Waals surface area contributed by atoms with Crippen molar-refractivity contribution in [3.8, 4) is 0 Å². The summed E-state index contributed by atoms with van der Waals surface area (Å²) < 4.78 is 2.25. The van der Waals surface area contributed by atoms with Crippen molar-refractivity contribution in [2.24, 2.45) is 5.92 Å². The van der Waals surface area contributed by atoms with Crippen LogP contribution in [-0.4, -0.2) is 46.0 Å². The van der Waals surface area contributed by atoms with E-state index in [9.17, 15) is 4.79 Å². The fourth-order valence-corrected chi connectivity index (χ4v) is 3.18. The Balaban J connectivity index is 1.51. The minimum absolute atomic E-state index is 0.124. The molecule has 2 aliphatic heterocycles. The van der Waals surface area contributed by atoms with Crippen LogP contribution in [0, 0.1) is 5.92 Å². The van der Waals surface area contributed by atoms with Crippen molar-refractivity contribution in [1.29, 1.82) is 0 Å². The molecule has 2 fully saturated rings. The summed E-state index contributed by atoms with van der Waals surface area (Å²) in [5.41, 5.74) is 0. The number of imidazole rings is 1. The van der Waals surface area contributed by atoms with Crippen LogP contribution in [0.1, 0.15) is 25.6 Å². The fraction of sp³-hybridized carbons (Fsp3) is 0.714. The molecule has 3 heterocycles. The zero-order valence-corrected chi connectivity index (χ0v) is 11.5. The minimum Gasteiger partial charge on any atom is -0.355 e. The molecule has 1 N–H and O–H groups in total. The molecule has 5 nitrogen and oxygen atoms in total. The van der Waals surface area contributed by atoms with Crippen molar-refractivity contribution in [2.75, 3.05) is 19.6 Å². The van der Waals surface area contributed by atoms with Gasteiger partial charge in [0.2, 0.25) is 5.91 Å². The van der Waals surface area contributed by atoms with Crippen molar-refractivity contribution >= 4 is 5.91 Å². The number of nitrogens with zero attached hydrogens (tertiary/aromatic N) is 3. The maximum Gasteiger partial charge on any atom is 0.237 e. The number of rotatable bonds is 4. The van der Waals surface area contributed by atoms with Gasteiger partial charge in [0.05, 0.1) is 6.04 Å². The Hall–Kier alpha value is -1.36. The first-order valence-corrected chi connectivity index (χ1v) is 7.29. The van der Waals surface area contributed by atoms with Gasteiger partial charge in [-0.25, -0.2) is 4.98 Å². The van der Waals surface area contributed by atoms with Crippen LogP contribution in [0.15, 0.2) is 12.4 Å². The Morgan fingerprint density at radius 1 is 1.47 bits per heavy atom. The highest BCUT2D eigenvalue weighted by molar-refractivity contribution is 5.82. The molecule has 0 saturated carbocycles. The molecule has 0 aromatic carbocycles. The predicted octanol–water partition coefficient (Wildman–Crippen LogP) is 0.656. The van der Waals surface area contributed by atoms with E-state index in [1.807, 2.05) is 6.20 Å². The van der Waals surface area contributed by atoms with Crippen LogP contribution >= 0.6 is 0 Å². The number of aromatic nitrogens is 2. The molecule has 1 amide bonds. The van der Waals surface area contributed by atoms with E-state index >= 15 is 0 Å². The van der Waals surface area contributed by atoms with Crippen LogP contribution in [0.4, 0.5) is 0 Å². The second-order valence-corrected chi connectivity index (χ2v) is 5.62. The average Bonchev–Trinajstić information content (AvgIpc) is 2.82. The molecule has 1 aromatic heterocycles. The smallest absolute Gasteiger partial charge is 0.237 e. The highest BCUT2D eigenvalue weighted by Crippen LogP contribution is 2.24. The second-order valence-electron chi connectivity index (χ2n) is 5.62. The first-order chi connectivity index (χ1) is 9.28. The van der Waals surface area contributed by atoms with Gasteiger partial charge in [-0.3, -0.25) is 9.69 Å². The SMILES string of the molecule is CCc1nccn1CC1CN(C2CCCNC2=O)C1. The van der Waals surface area contributed by atoms with Crippen molar-refractivity contribution < 1.29 is 4.79 Å². The standard InChI is InChI=1S/C14H22N4O/c1-2-13-15-6-7-17(13)8-11-9-18(10-11)12-4-3-5-16-14(12)19/h6-7,11-12H,2-5,8-10H2,1H3,(H,16,19). The van der Waals surface area contributed by atoms with E-state index in [1.165, 1.54) is 0 Å². The van der Waals surface area contributed by atoms with Crippen molar-refractivity contribution in [3.05, 3.63) is 18.2 Å². The summed E-state index contributed by atoms with van der Waals surface area (Å²) >= 11 is 0. The number of amides is 1. The normalized spacial score (nSPS) is 25.1. The van der Waals surface area contributed by atoms with E-state index in [0.717, 1.165) is 51.3 Å². The van der Waals surface area contributed by atoms with Gasteiger partial charge in [-0.15, -0.1) is 0 Å². The summed E-state index contributed by atoms with van der Waals surface area (Å²) in [7, 11) is 0. The highest BCUT2D eigenvalue weighted by atomic mass is 16.2. The highest BCUT2D eigenvalue weighted by Gasteiger charge is 2.37. The minimum atomic E-state index is 0.124. The number of likely N-dealkylation sites (tertiary alicyclic amines) is 1. The van der Waals surface area contributed by atoms with Gasteiger partial charge in [0.15, 0.2) is 0 Å². The van der Waals surface area contributed by atoms with E-state index in [0.29, 0.717) is 5.92 Å². The van der Waals surface area contributed by atoms with E-state index in [-0.39, 0.29) is 11.9 Å². The van der Waals surface area contributed by atoms with Crippen LogP contribution in [-0.2, 0) is 17.8 Å². The Bertz CT molecular complexity index is 450. The van der Waals surface area contributed by atoms with Crippen LogP contribution in [0.5, 0.6) is 0 Å². The first-order valence-electron chi connectivity index (χ1n) is 7.29. The molecule has 104 valence electrons. The molecular weight excluding hydrogens is 240 g/mol. The number of carbonyl (C=O) groups is 1. The topological polar surface area (TPSA) is 50.2 Å². The lowest BCUT2D eigenvalue weighted by atomic mass is 9.94. The average molecular weight is 262 g/mol. The first kappa shape index (κ1) is 12.7. The van der Waals surface area contributed by atoms with Gasteiger partial charge < -0.3 is 9.88 Å². The Labute approximate surface area is 114 Å². The van der Waals surface area contributed by atoms with Gasteiger partial charge in [-0.2, -0.15) is 0 Å². The Morgan fingerprint density at radius 2 is 2.32 bits per heavy atom. The van der Waals surface area contributed by atoms with Crippen LogP contribution in [0.25, 0.3) is 0 Å². The Kier molecular flexibility index (Phi) is 3.55. The maximum absolute atomic E-state index is 11.8. The third-order valence-corrected chi connectivity index (χ3v) is 4.26. The number of piperidine rings is 1. The zero-order chi connectivity index (χ0) is 13.2. The monoisotopic (exact) mass is 262 g/mol. The van der Waals surface area contributed by atoms with Crippen molar-refractivity contribution in [3.63, 3.8) is 0 Å². The second kappa shape index (κ2) is 5.33. The molecule has 0 spiro atoms. The molecule has 2 aliphatic rings. The van der Waals surface area contributed by atoms with E-state index in [1.54, 1.807) is 0 Å². The van der Waals surface area contributed by atoms with E-state index < -0.39 is 0 Å². The number of hydrogen-bond acceptors (Lipinski definition) is 3. The van der Waals surface area contributed by atoms with E-state index in [4.69, 9.17) is 0 Å². The third-order valence-electron chi connectivity index (χ3n) is 4.26. The lowest BCUT2D eigenvalue weighted by molar-refractivity contribution is -0.131. The van der Waals surface area contributed by atoms with Crippen molar-refractivity contribution in [2.45, 2.75) is 38.8 Å².